The molecule has 0 bridgehead atoms. The lowest BCUT2D eigenvalue weighted by Gasteiger charge is -2.48. The summed E-state index contributed by atoms with van der Waals surface area (Å²) in [6, 6.07) is 3.99. The zero-order valence-corrected chi connectivity index (χ0v) is 23.4. The number of hydrogen-bond acceptors (Lipinski definition) is 10. The molecule has 0 saturated carbocycles. The van der Waals surface area contributed by atoms with Crippen LogP contribution < -0.4 is 20.3 Å². The van der Waals surface area contributed by atoms with Crippen LogP contribution in [-0.2, 0) is 18.9 Å². The van der Waals surface area contributed by atoms with Gasteiger partial charge in [-0.2, -0.15) is 20.1 Å². The molecule has 40 heavy (non-hydrogen) atoms. The molecule has 3 aliphatic heterocycles. The predicted molar refractivity (Wildman–Crippen MR) is 149 cm³/mol. The quantitative estimate of drug-likeness (QED) is 0.472. The van der Waals surface area contributed by atoms with Crippen LogP contribution in [0.25, 0.3) is 0 Å². The van der Waals surface area contributed by atoms with Crippen molar-refractivity contribution in [1.82, 2.24) is 34.6 Å². The average molecular weight is 549 g/mol. The molecule has 3 saturated heterocycles. The van der Waals surface area contributed by atoms with Gasteiger partial charge in [-0.1, -0.05) is 6.07 Å². The van der Waals surface area contributed by atoms with Crippen molar-refractivity contribution in [1.29, 1.82) is 0 Å². The van der Waals surface area contributed by atoms with Crippen LogP contribution in [0.4, 0.5) is 22.1 Å². The molecule has 0 radical (unpaired) electrons. The normalized spacial score (nSPS) is 25.6. The summed E-state index contributed by atoms with van der Waals surface area (Å²) in [5.41, 5.74) is 9.55. The molecule has 1 aliphatic carbocycles. The van der Waals surface area contributed by atoms with E-state index < -0.39 is 6.17 Å². The Morgan fingerprint density at radius 1 is 1.25 bits per heavy atom. The van der Waals surface area contributed by atoms with Crippen LogP contribution in [0.3, 0.4) is 0 Å². The number of nitrogens with two attached hydrogens (primary N) is 1. The van der Waals surface area contributed by atoms with E-state index in [4.69, 9.17) is 25.4 Å². The maximum atomic E-state index is 14.4. The number of fused-ring (bicyclic) bond motifs is 3. The summed E-state index contributed by atoms with van der Waals surface area (Å²) in [4.78, 5) is 25.1. The molecule has 212 valence electrons. The van der Waals surface area contributed by atoms with Gasteiger partial charge in [-0.05, 0) is 50.8 Å². The number of rotatable bonds is 7. The molecule has 3 fully saturated rings. The topological polar surface area (TPSA) is 114 Å². The molecule has 0 aromatic carbocycles. The maximum absolute atomic E-state index is 14.4. The number of halogens is 1. The number of aryl methyl sites for hydroxylation is 2. The van der Waals surface area contributed by atoms with Crippen molar-refractivity contribution in [2.24, 2.45) is 7.05 Å². The molecule has 12 heteroatoms. The third-order valence-corrected chi connectivity index (χ3v) is 9.70. The fourth-order valence-corrected chi connectivity index (χ4v) is 7.49. The number of alkyl halides is 1. The lowest BCUT2D eigenvalue weighted by atomic mass is 9.77. The summed E-state index contributed by atoms with van der Waals surface area (Å²) < 4.78 is 22.7. The summed E-state index contributed by atoms with van der Waals surface area (Å²) in [5.74, 6) is 1.57. The first kappa shape index (κ1) is 25.4. The zero-order chi connectivity index (χ0) is 27.6. The highest BCUT2D eigenvalue weighted by atomic mass is 19.1. The van der Waals surface area contributed by atoms with Crippen molar-refractivity contribution in [2.75, 3.05) is 55.4 Å². The van der Waals surface area contributed by atoms with E-state index in [-0.39, 0.29) is 23.0 Å². The highest BCUT2D eigenvalue weighted by Gasteiger charge is 2.52. The Labute approximate surface area is 233 Å². The van der Waals surface area contributed by atoms with E-state index in [0.29, 0.717) is 37.3 Å². The summed E-state index contributed by atoms with van der Waals surface area (Å²) in [7, 11) is 3.97. The van der Waals surface area contributed by atoms with Gasteiger partial charge < -0.3 is 20.3 Å². The average Bonchev–Trinajstić information content (AvgIpc) is 3.67. The third-order valence-electron chi connectivity index (χ3n) is 9.70. The van der Waals surface area contributed by atoms with Crippen LogP contribution in [0.5, 0.6) is 6.01 Å². The summed E-state index contributed by atoms with van der Waals surface area (Å²) in [6.07, 6.45) is 7.50. The van der Waals surface area contributed by atoms with Crippen molar-refractivity contribution in [3.63, 3.8) is 0 Å². The molecule has 0 amide bonds. The number of hydrogen-bond donors (Lipinski definition) is 1. The summed E-state index contributed by atoms with van der Waals surface area (Å²) in [5, 5.41) is 4.50. The number of aromatic nitrogens is 6. The molecular formula is C28H37FN10O. The van der Waals surface area contributed by atoms with E-state index >= 15 is 0 Å². The van der Waals surface area contributed by atoms with E-state index in [1.165, 1.54) is 11.3 Å². The molecule has 3 aromatic heterocycles. The first-order chi connectivity index (χ1) is 19.3. The van der Waals surface area contributed by atoms with Crippen LogP contribution in [0, 0.1) is 0 Å². The lowest BCUT2D eigenvalue weighted by Crippen LogP contribution is -2.59. The maximum Gasteiger partial charge on any atom is 0.323 e. The van der Waals surface area contributed by atoms with Gasteiger partial charge in [-0.3, -0.25) is 9.58 Å². The molecule has 3 atom stereocenters. The Morgan fingerprint density at radius 3 is 2.92 bits per heavy atom. The number of ether oxygens (including phenoxy) is 1. The van der Waals surface area contributed by atoms with Crippen LogP contribution in [-0.4, -0.2) is 86.2 Å². The van der Waals surface area contributed by atoms with E-state index in [1.54, 1.807) is 6.20 Å². The second kappa shape index (κ2) is 9.25. The summed E-state index contributed by atoms with van der Waals surface area (Å²) in [6.45, 7) is 5.45. The Hall–Kier alpha value is -3.54. The van der Waals surface area contributed by atoms with Gasteiger partial charge in [0.1, 0.15) is 18.6 Å². The Kier molecular flexibility index (Phi) is 5.88. The third kappa shape index (κ3) is 3.98. The first-order valence-electron chi connectivity index (χ1n) is 14.2. The molecule has 6 heterocycles. The van der Waals surface area contributed by atoms with Crippen molar-refractivity contribution < 1.29 is 9.13 Å². The van der Waals surface area contributed by atoms with Gasteiger partial charge in [-0.15, -0.1) is 0 Å². The summed E-state index contributed by atoms with van der Waals surface area (Å²) >= 11 is 0. The van der Waals surface area contributed by atoms with E-state index in [1.807, 2.05) is 48.9 Å². The zero-order valence-electron chi connectivity index (χ0n) is 23.4. The fourth-order valence-electron chi connectivity index (χ4n) is 7.49. The van der Waals surface area contributed by atoms with Crippen molar-refractivity contribution in [2.45, 2.75) is 62.2 Å². The van der Waals surface area contributed by atoms with Crippen LogP contribution >= 0.6 is 0 Å². The van der Waals surface area contributed by atoms with Gasteiger partial charge >= 0.3 is 6.01 Å². The van der Waals surface area contributed by atoms with Crippen LogP contribution in [0.15, 0.2) is 24.5 Å². The number of nitrogens with zero attached hydrogens (tertiary/aromatic N) is 9. The minimum atomic E-state index is -0.814. The Balaban J connectivity index is 1.18. The number of nitrogen functional groups attached to an aromatic ring is 1. The van der Waals surface area contributed by atoms with Gasteiger partial charge in [-0.25, -0.2) is 9.37 Å². The van der Waals surface area contributed by atoms with Crippen molar-refractivity contribution in [3.05, 3.63) is 41.3 Å². The van der Waals surface area contributed by atoms with E-state index in [9.17, 15) is 4.39 Å². The minimum Gasteiger partial charge on any atom is -0.461 e. The molecule has 7 rings (SSSR count). The molecule has 11 nitrogen and oxygen atoms in total. The van der Waals surface area contributed by atoms with Crippen molar-refractivity contribution >= 4 is 17.7 Å². The standard InChI is InChI=1S/C28H37FN10O/c1-18(21-6-4-10-31-23(21)30)36(2)24-33-25(38-15-27(16-38)9-7-19-13-32-37(3)22(19)27)35-26(34-24)40-17-28-8-5-11-39(28)14-20(29)12-28/h4,6,10,13,18,20H,5,7-9,11-12,14-17H2,1-3H3,(H2,30,31)/t18-,20-,28+/m1/s1. The smallest absolute Gasteiger partial charge is 0.323 e. The van der Waals surface area contributed by atoms with Crippen LogP contribution in [0.1, 0.15) is 55.5 Å². The second-order valence-electron chi connectivity index (χ2n) is 12.1. The first-order valence-corrected chi connectivity index (χ1v) is 14.2. The van der Waals surface area contributed by atoms with Crippen LogP contribution in [0.2, 0.25) is 0 Å². The van der Waals surface area contributed by atoms with E-state index in [2.05, 4.69) is 19.9 Å². The SMILES string of the molecule is C[C@H](c1cccnc1N)N(C)c1nc(OC[C@@]23CCCN2C[C@H](F)C3)nc(N2CC3(CCc4cnn(C)c43)C2)n1. The minimum absolute atomic E-state index is 0.0705. The van der Waals surface area contributed by atoms with Gasteiger partial charge in [0.15, 0.2) is 0 Å². The lowest BCUT2D eigenvalue weighted by molar-refractivity contribution is 0.107. The highest BCUT2D eigenvalue weighted by Crippen LogP contribution is 2.46. The van der Waals surface area contributed by atoms with Gasteiger partial charge in [0.05, 0.1) is 23.5 Å². The Bertz CT molecular complexity index is 1420. The van der Waals surface area contributed by atoms with Gasteiger partial charge in [0.25, 0.3) is 0 Å². The molecule has 2 N–H and O–H groups in total. The largest absolute Gasteiger partial charge is 0.461 e. The van der Waals surface area contributed by atoms with Crippen molar-refractivity contribution in [3.8, 4) is 6.01 Å². The highest BCUT2D eigenvalue weighted by molar-refractivity contribution is 5.51. The molecule has 4 aliphatic rings. The van der Waals surface area contributed by atoms with E-state index in [0.717, 1.165) is 50.9 Å². The Morgan fingerprint density at radius 2 is 2.10 bits per heavy atom. The predicted octanol–water partition coefficient (Wildman–Crippen LogP) is 2.44. The second-order valence-corrected chi connectivity index (χ2v) is 12.1. The monoisotopic (exact) mass is 548 g/mol. The molecule has 1 spiro atoms. The van der Waals surface area contributed by atoms with Gasteiger partial charge in [0.2, 0.25) is 11.9 Å². The fraction of sp³-hybridized carbons (Fsp3) is 0.607. The number of pyridine rings is 1. The number of anilines is 3. The molecule has 0 unspecified atom stereocenters. The molecule has 3 aromatic rings. The van der Waals surface area contributed by atoms with Gasteiger partial charge in [0, 0.05) is 57.3 Å². The molecular weight excluding hydrogens is 511 g/mol.